The van der Waals surface area contributed by atoms with Gasteiger partial charge in [0.2, 0.25) is 0 Å². The quantitative estimate of drug-likeness (QED) is 0.780. The summed E-state index contributed by atoms with van der Waals surface area (Å²) in [5.41, 5.74) is 2.23. The van der Waals surface area contributed by atoms with Crippen molar-refractivity contribution in [3.8, 4) is 6.07 Å². The normalized spacial score (nSPS) is 12.2. The van der Waals surface area contributed by atoms with Crippen molar-refractivity contribution in [1.29, 1.82) is 5.26 Å². The van der Waals surface area contributed by atoms with E-state index in [2.05, 4.69) is 41.8 Å². The lowest BCUT2D eigenvalue weighted by atomic mass is 10.1. The highest BCUT2D eigenvalue weighted by Crippen LogP contribution is 2.22. The lowest BCUT2D eigenvalue weighted by Gasteiger charge is -2.24. The Hall–Kier alpha value is -1.53. The summed E-state index contributed by atoms with van der Waals surface area (Å²) in [6.07, 6.45) is 0. The Morgan fingerprint density at radius 1 is 1.12 bits per heavy atom. The molecule has 0 saturated carbocycles. The predicted octanol–water partition coefficient (Wildman–Crippen LogP) is 2.66. The van der Waals surface area contributed by atoms with Crippen LogP contribution in [0.2, 0.25) is 0 Å². The summed E-state index contributed by atoms with van der Waals surface area (Å²) in [7, 11) is 4.03. The van der Waals surface area contributed by atoms with Crippen molar-refractivity contribution in [2.24, 2.45) is 0 Å². The van der Waals surface area contributed by atoms with Crippen molar-refractivity contribution in [2.75, 3.05) is 32.1 Å². The van der Waals surface area contributed by atoms with E-state index in [4.69, 9.17) is 0 Å². The Balaban J connectivity index is 2.94. The van der Waals surface area contributed by atoms with E-state index in [9.17, 15) is 5.26 Å². The third-order valence-corrected chi connectivity index (χ3v) is 3.03. The maximum Gasteiger partial charge on any atom is 0.123 e. The van der Waals surface area contributed by atoms with Crippen molar-refractivity contribution >= 4 is 5.69 Å². The second kappa shape index (κ2) is 6.27. The molecule has 0 bridgehead atoms. The summed E-state index contributed by atoms with van der Waals surface area (Å²) in [4.78, 5) is 4.22. The highest BCUT2D eigenvalue weighted by Gasteiger charge is 2.16. The zero-order valence-electron chi connectivity index (χ0n) is 11.1. The SMILES string of the molecule is CCN(CC)C(C#N)c1ccc(N(C)C)cc1. The van der Waals surface area contributed by atoms with E-state index in [1.54, 1.807) is 0 Å². The molecule has 0 aliphatic rings. The van der Waals surface area contributed by atoms with E-state index in [1.807, 2.05) is 26.2 Å². The summed E-state index contributed by atoms with van der Waals surface area (Å²) in [6, 6.07) is 10.4. The molecule has 1 unspecified atom stereocenters. The molecule has 1 atom stereocenters. The van der Waals surface area contributed by atoms with Gasteiger partial charge in [0.1, 0.15) is 6.04 Å². The average Bonchev–Trinajstić information content (AvgIpc) is 2.36. The van der Waals surface area contributed by atoms with Crippen LogP contribution >= 0.6 is 0 Å². The lowest BCUT2D eigenvalue weighted by Crippen LogP contribution is -2.27. The Morgan fingerprint density at radius 3 is 2.00 bits per heavy atom. The molecule has 0 aromatic heterocycles. The zero-order valence-corrected chi connectivity index (χ0v) is 11.1. The first-order chi connectivity index (χ1) is 8.13. The summed E-state index contributed by atoms with van der Waals surface area (Å²) in [5, 5.41) is 9.29. The van der Waals surface area contributed by atoms with Crippen LogP contribution in [0.15, 0.2) is 24.3 Å². The third kappa shape index (κ3) is 3.21. The molecule has 92 valence electrons. The molecule has 0 radical (unpaired) electrons. The molecule has 0 fully saturated rings. The molecule has 3 nitrogen and oxygen atoms in total. The van der Waals surface area contributed by atoms with E-state index < -0.39 is 0 Å². The van der Waals surface area contributed by atoms with E-state index in [0.29, 0.717) is 0 Å². The molecule has 1 rings (SSSR count). The Bertz CT molecular complexity index is 371. The van der Waals surface area contributed by atoms with Gasteiger partial charge >= 0.3 is 0 Å². The maximum atomic E-state index is 9.29. The fourth-order valence-corrected chi connectivity index (χ4v) is 1.91. The van der Waals surface area contributed by atoms with Gasteiger partial charge in [-0.25, -0.2) is 0 Å². The van der Waals surface area contributed by atoms with Gasteiger partial charge in [0.05, 0.1) is 6.07 Å². The molecule has 0 heterocycles. The molecule has 1 aromatic rings. The second-order valence-electron chi connectivity index (χ2n) is 4.24. The molecule has 1 aromatic carbocycles. The molecule has 0 spiro atoms. The Labute approximate surface area is 104 Å². The number of nitrogens with zero attached hydrogens (tertiary/aromatic N) is 3. The maximum absolute atomic E-state index is 9.29. The monoisotopic (exact) mass is 231 g/mol. The van der Waals surface area contributed by atoms with Crippen LogP contribution in [0.1, 0.15) is 25.5 Å². The highest BCUT2D eigenvalue weighted by atomic mass is 15.1. The van der Waals surface area contributed by atoms with Crippen LogP contribution in [0.25, 0.3) is 0 Å². The zero-order chi connectivity index (χ0) is 12.8. The van der Waals surface area contributed by atoms with E-state index in [1.165, 1.54) is 0 Å². The highest BCUT2D eigenvalue weighted by molar-refractivity contribution is 5.47. The van der Waals surface area contributed by atoms with Gasteiger partial charge in [-0.15, -0.1) is 0 Å². The second-order valence-corrected chi connectivity index (χ2v) is 4.24. The van der Waals surface area contributed by atoms with Crippen LogP contribution in [-0.4, -0.2) is 32.1 Å². The fourth-order valence-electron chi connectivity index (χ4n) is 1.91. The van der Waals surface area contributed by atoms with E-state index in [-0.39, 0.29) is 6.04 Å². The van der Waals surface area contributed by atoms with Crippen molar-refractivity contribution < 1.29 is 0 Å². The number of hydrogen-bond donors (Lipinski definition) is 0. The van der Waals surface area contributed by atoms with Crippen LogP contribution in [0, 0.1) is 11.3 Å². The van der Waals surface area contributed by atoms with Crippen LogP contribution in [0.4, 0.5) is 5.69 Å². The van der Waals surface area contributed by atoms with E-state index >= 15 is 0 Å². The molecule has 0 N–H and O–H groups in total. The van der Waals surface area contributed by atoms with Crippen molar-refractivity contribution in [3.63, 3.8) is 0 Å². The first kappa shape index (κ1) is 13.5. The predicted molar refractivity (Wildman–Crippen MR) is 72.0 cm³/mol. The van der Waals surface area contributed by atoms with Gasteiger partial charge in [-0.05, 0) is 30.8 Å². The largest absolute Gasteiger partial charge is 0.378 e. The molecule has 0 amide bonds. The summed E-state index contributed by atoms with van der Waals surface area (Å²) < 4.78 is 0. The van der Waals surface area contributed by atoms with Crippen LogP contribution < -0.4 is 4.90 Å². The molecule has 0 saturated heterocycles. The topological polar surface area (TPSA) is 30.3 Å². The molecule has 17 heavy (non-hydrogen) atoms. The van der Waals surface area contributed by atoms with Crippen molar-refractivity contribution in [1.82, 2.24) is 4.90 Å². The molecular formula is C14H21N3. The molecule has 0 aliphatic carbocycles. The van der Waals surface area contributed by atoms with Crippen LogP contribution in [0.3, 0.4) is 0 Å². The standard InChI is InChI=1S/C14H21N3/c1-5-17(6-2)14(11-15)12-7-9-13(10-8-12)16(3)4/h7-10,14H,5-6H2,1-4H3. The molecule has 0 aliphatic heterocycles. The molecule has 3 heteroatoms. The van der Waals surface area contributed by atoms with Gasteiger partial charge in [0.15, 0.2) is 0 Å². The fraction of sp³-hybridized carbons (Fsp3) is 0.500. The number of rotatable bonds is 5. The third-order valence-electron chi connectivity index (χ3n) is 3.03. The van der Waals surface area contributed by atoms with Gasteiger partial charge in [0, 0.05) is 19.8 Å². The Morgan fingerprint density at radius 2 is 1.65 bits per heavy atom. The van der Waals surface area contributed by atoms with Gasteiger partial charge in [0.25, 0.3) is 0 Å². The first-order valence-corrected chi connectivity index (χ1v) is 6.05. The van der Waals surface area contributed by atoms with Gasteiger partial charge in [-0.2, -0.15) is 5.26 Å². The van der Waals surface area contributed by atoms with Gasteiger partial charge in [-0.1, -0.05) is 26.0 Å². The number of benzene rings is 1. The van der Waals surface area contributed by atoms with Crippen molar-refractivity contribution in [2.45, 2.75) is 19.9 Å². The summed E-state index contributed by atoms with van der Waals surface area (Å²) in [5.74, 6) is 0. The van der Waals surface area contributed by atoms with Crippen LogP contribution in [0.5, 0.6) is 0 Å². The summed E-state index contributed by atoms with van der Waals surface area (Å²) in [6.45, 7) is 5.96. The number of anilines is 1. The lowest BCUT2D eigenvalue weighted by molar-refractivity contribution is 0.262. The summed E-state index contributed by atoms with van der Waals surface area (Å²) >= 11 is 0. The number of nitriles is 1. The number of hydrogen-bond acceptors (Lipinski definition) is 3. The minimum Gasteiger partial charge on any atom is -0.378 e. The minimum absolute atomic E-state index is 0.138. The average molecular weight is 231 g/mol. The molecular weight excluding hydrogens is 210 g/mol. The Kier molecular flexibility index (Phi) is 4.99. The van der Waals surface area contributed by atoms with Crippen LogP contribution in [-0.2, 0) is 0 Å². The van der Waals surface area contributed by atoms with Gasteiger partial charge < -0.3 is 4.90 Å². The smallest absolute Gasteiger partial charge is 0.123 e. The first-order valence-electron chi connectivity index (χ1n) is 6.05. The van der Waals surface area contributed by atoms with Gasteiger partial charge in [-0.3, -0.25) is 4.90 Å². The van der Waals surface area contributed by atoms with Crippen molar-refractivity contribution in [3.05, 3.63) is 29.8 Å². The van der Waals surface area contributed by atoms with E-state index in [0.717, 1.165) is 24.3 Å². The minimum atomic E-state index is -0.138.